The minimum Gasteiger partial charge on any atom is -0.390 e. The van der Waals surface area contributed by atoms with Crippen LogP contribution in [0.3, 0.4) is 0 Å². The summed E-state index contributed by atoms with van der Waals surface area (Å²) < 4.78 is 0. The second-order valence-electron chi connectivity index (χ2n) is 3.95. The number of carbonyl (C=O) groups excluding carboxylic acids is 1. The van der Waals surface area contributed by atoms with Gasteiger partial charge in [-0.1, -0.05) is 28.9 Å². The van der Waals surface area contributed by atoms with E-state index in [2.05, 4.69) is 10.5 Å². The molecule has 90 valence electrons. The van der Waals surface area contributed by atoms with Gasteiger partial charge in [0.15, 0.2) is 0 Å². The van der Waals surface area contributed by atoms with E-state index in [4.69, 9.17) is 16.4 Å². The fourth-order valence-electron chi connectivity index (χ4n) is 1.63. The number of oxime groups is 1. The molecule has 0 saturated carbocycles. The fourth-order valence-corrected chi connectivity index (χ4v) is 1.85. The fraction of sp³-hybridized carbons (Fsp3) is 0.333. The van der Waals surface area contributed by atoms with E-state index >= 15 is 0 Å². The number of nitrogens with zero attached hydrogens (tertiary/aromatic N) is 1. The van der Waals surface area contributed by atoms with Crippen molar-refractivity contribution in [1.29, 1.82) is 0 Å². The third-order valence-electron chi connectivity index (χ3n) is 2.49. The van der Waals surface area contributed by atoms with Gasteiger partial charge in [-0.15, -0.1) is 0 Å². The topological polar surface area (TPSA) is 50.7 Å². The number of nitrogens with one attached hydrogen (secondary N) is 1. The van der Waals surface area contributed by atoms with Gasteiger partial charge < -0.3 is 10.2 Å². The monoisotopic (exact) mass is 252 g/mol. The van der Waals surface area contributed by atoms with Crippen molar-refractivity contribution in [2.45, 2.75) is 19.4 Å². The highest BCUT2D eigenvalue weighted by molar-refractivity contribution is 6.33. The van der Waals surface area contributed by atoms with Crippen LogP contribution in [0.2, 0.25) is 5.02 Å². The largest absolute Gasteiger partial charge is 0.390 e. The Morgan fingerprint density at radius 2 is 2.35 bits per heavy atom. The highest BCUT2D eigenvalue weighted by Gasteiger charge is 2.19. The van der Waals surface area contributed by atoms with Crippen LogP contribution < -0.4 is 5.32 Å². The average molecular weight is 253 g/mol. The van der Waals surface area contributed by atoms with Crippen molar-refractivity contribution in [3.63, 3.8) is 0 Å². The van der Waals surface area contributed by atoms with Crippen LogP contribution in [0.4, 0.5) is 0 Å². The lowest BCUT2D eigenvalue weighted by atomic mass is 10.2. The molecule has 1 heterocycles. The Bertz CT molecular complexity index is 460. The molecule has 17 heavy (non-hydrogen) atoms. The molecule has 0 aromatic heterocycles. The van der Waals surface area contributed by atoms with Crippen LogP contribution in [-0.4, -0.2) is 24.3 Å². The van der Waals surface area contributed by atoms with Gasteiger partial charge in [0.1, 0.15) is 6.10 Å². The zero-order valence-electron chi connectivity index (χ0n) is 9.44. The Balaban J connectivity index is 1.88. The predicted octanol–water partition coefficient (Wildman–Crippen LogP) is 2.23. The van der Waals surface area contributed by atoms with Gasteiger partial charge in [0.05, 0.1) is 22.8 Å². The summed E-state index contributed by atoms with van der Waals surface area (Å²) in [6, 6.07) is 6.95. The van der Waals surface area contributed by atoms with Gasteiger partial charge in [-0.3, -0.25) is 4.79 Å². The van der Waals surface area contributed by atoms with E-state index in [-0.39, 0.29) is 12.0 Å². The maximum absolute atomic E-state index is 11.8. The predicted molar refractivity (Wildman–Crippen MR) is 66.4 cm³/mol. The van der Waals surface area contributed by atoms with Gasteiger partial charge in [-0.25, -0.2) is 0 Å². The molecule has 1 aliphatic rings. The summed E-state index contributed by atoms with van der Waals surface area (Å²) in [6.45, 7) is 2.33. The lowest BCUT2D eigenvalue weighted by Gasteiger charge is -2.10. The lowest BCUT2D eigenvalue weighted by Crippen LogP contribution is -2.32. The van der Waals surface area contributed by atoms with Crippen molar-refractivity contribution in [3.05, 3.63) is 34.9 Å². The smallest absolute Gasteiger partial charge is 0.252 e. The number of amides is 1. The van der Waals surface area contributed by atoms with Crippen LogP contribution in [0.5, 0.6) is 0 Å². The van der Waals surface area contributed by atoms with Gasteiger partial charge >= 0.3 is 0 Å². The normalized spacial score (nSPS) is 18.5. The molecule has 0 unspecified atom stereocenters. The molecule has 0 bridgehead atoms. The van der Waals surface area contributed by atoms with Gasteiger partial charge in [0.2, 0.25) is 0 Å². The number of carbonyl (C=O) groups is 1. The van der Waals surface area contributed by atoms with Gasteiger partial charge in [0, 0.05) is 6.42 Å². The Kier molecular flexibility index (Phi) is 3.64. The van der Waals surface area contributed by atoms with Crippen molar-refractivity contribution >= 4 is 23.2 Å². The van der Waals surface area contributed by atoms with E-state index in [1.165, 1.54) is 0 Å². The number of hydrogen-bond donors (Lipinski definition) is 1. The van der Waals surface area contributed by atoms with Crippen LogP contribution in [0.15, 0.2) is 29.4 Å². The van der Waals surface area contributed by atoms with Gasteiger partial charge in [-0.2, -0.15) is 0 Å². The molecule has 5 heteroatoms. The van der Waals surface area contributed by atoms with E-state index in [9.17, 15) is 4.79 Å². The molecule has 1 aliphatic heterocycles. The standard InChI is InChI=1S/C12H13ClN2O2/c1-8-6-9(17-15-8)7-14-12(16)10-4-2-3-5-11(10)13/h2-5,9H,6-7H2,1H3,(H,14,16)/t9-/m1/s1. The van der Waals surface area contributed by atoms with Crippen LogP contribution >= 0.6 is 11.6 Å². The summed E-state index contributed by atoms with van der Waals surface area (Å²) >= 11 is 5.92. The Labute approximate surface area is 105 Å². The molecular weight excluding hydrogens is 240 g/mol. The summed E-state index contributed by atoms with van der Waals surface area (Å²) in [4.78, 5) is 16.9. The van der Waals surface area contributed by atoms with Crippen molar-refractivity contribution in [2.75, 3.05) is 6.54 Å². The number of halogens is 1. The van der Waals surface area contributed by atoms with Crippen LogP contribution in [0, 0.1) is 0 Å². The summed E-state index contributed by atoms with van der Waals surface area (Å²) in [5.74, 6) is -0.191. The zero-order chi connectivity index (χ0) is 12.3. The second kappa shape index (κ2) is 5.19. The van der Waals surface area contributed by atoms with Crippen LogP contribution in [-0.2, 0) is 4.84 Å². The van der Waals surface area contributed by atoms with E-state index in [0.29, 0.717) is 17.1 Å². The average Bonchev–Trinajstić information content (AvgIpc) is 2.73. The van der Waals surface area contributed by atoms with Gasteiger partial charge in [-0.05, 0) is 19.1 Å². The van der Waals surface area contributed by atoms with E-state index in [0.717, 1.165) is 12.1 Å². The third-order valence-corrected chi connectivity index (χ3v) is 2.82. The molecule has 0 spiro atoms. The van der Waals surface area contributed by atoms with Crippen molar-refractivity contribution in [3.8, 4) is 0 Å². The van der Waals surface area contributed by atoms with Gasteiger partial charge in [0.25, 0.3) is 5.91 Å². The lowest BCUT2D eigenvalue weighted by molar-refractivity contribution is 0.0753. The Morgan fingerprint density at radius 3 is 3.00 bits per heavy atom. The maximum Gasteiger partial charge on any atom is 0.252 e. The van der Waals surface area contributed by atoms with Crippen molar-refractivity contribution in [1.82, 2.24) is 5.32 Å². The molecule has 0 fully saturated rings. The molecule has 1 aromatic rings. The highest BCUT2D eigenvalue weighted by Crippen LogP contribution is 2.15. The summed E-state index contributed by atoms with van der Waals surface area (Å²) in [5.41, 5.74) is 1.42. The van der Waals surface area contributed by atoms with E-state index in [1.54, 1.807) is 24.3 Å². The minimum atomic E-state index is -0.191. The number of hydrogen-bond acceptors (Lipinski definition) is 3. The molecular formula is C12H13ClN2O2. The molecule has 0 aliphatic carbocycles. The quantitative estimate of drug-likeness (QED) is 0.897. The molecule has 1 N–H and O–H groups in total. The number of benzene rings is 1. The van der Waals surface area contributed by atoms with E-state index in [1.807, 2.05) is 6.92 Å². The van der Waals surface area contributed by atoms with Crippen molar-refractivity contribution in [2.24, 2.45) is 5.16 Å². The zero-order valence-corrected chi connectivity index (χ0v) is 10.2. The van der Waals surface area contributed by atoms with Crippen molar-refractivity contribution < 1.29 is 9.63 Å². The first-order valence-electron chi connectivity index (χ1n) is 5.39. The number of rotatable bonds is 3. The molecule has 1 amide bonds. The molecule has 0 saturated heterocycles. The summed E-state index contributed by atoms with van der Waals surface area (Å²) in [6.07, 6.45) is 0.685. The minimum absolute atomic E-state index is 0.0681. The van der Waals surface area contributed by atoms with Crippen LogP contribution in [0.25, 0.3) is 0 Å². The Hall–Kier alpha value is -1.55. The SMILES string of the molecule is CC1=NO[C@@H](CNC(=O)c2ccccc2Cl)C1. The van der Waals surface area contributed by atoms with Crippen LogP contribution in [0.1, 0.15) is 23.7 Å². The summed E-state index contributed by atoms with van der Waals surface area (Å²) in [5, 5.41) is 7.05. The Morgan fingerprint density at radius 1 is 1.59 bits per heavy atom. The molecule has 2 rings (SSSR count). The summed E-state index contributed by atoms with van der Waals surface area (Å²) in [7, 11) is 0. The first-order valence-corrected chi connectivity index (χ1v) is 5.76. The first-order chi connectivity index (χ1) is 8.16. The first kappa shape index (κ1) is 11.9. The van der Waals surface area contributed by atoms with E-state index < -0.39 is 0 Å². The molecule has 0 radical (unpaired) electrons. The second-order valence-corrected chi connectivity index (χ2v) is 4.36. The molecule has 1 atom stereocenters. The molecule has 1 aromatic carbocycles. The third kappa shape index (κ3) is 2.97. The highest BCUT2D eigenvalue weighted by atomic mass is 35.5. The molecule has 4 nitrogen and oxygen atoms in total. The maximum atomic E-state index is 11.8.